The number of carbonyl (C=O) groups is 2. The highest BCUT2D eigenvalue weighted by atomic mass is 127. The van der Waals surface area contributed by atoms with Gasteiger partial charge in [-0.2, -0.15) is 0 Å². The molecule has 4 nitrogen and oxygen atoms in total. The summed E-state index contributed by atoms with van der Waals surface area (Å²) in [4.78, 5) is 25.4. The van der Waals surface area contributed by atoms with Crippen molar-refractivity contribution >= 4 is 34.3 Å². The van der Waals surface area contributed by atoms with E-state index in [-0.39, 0.29) is 34.6 Å². The van der Waals surface area contributed by atoms with Crippen molar-refractivity contribution in [1.29, 1.82) is 0 Å². The molecule has 5 heteroatoms. The van der Waals surface area contributed by atoms with E-state index in [2.05, 4.69) is 49.4 Å². The van der Waals surface area contributed by atoms with Crippen LogP contribution in [0.4, 0.5) is 0 Å². The lowest BCUT2D eigenvalue weighted by atomic mass is 9.48. The monoisotopic (exact) mass is 576 g/mol. The van der Waals surface area contributed by atoms with E-state index < -0.39 is 5.60 Å². The zero-order chi connectivity index (χ0) is 24.5. The van der Waals surface area contributed by atoms with Gasteiger partial charge in [-0.05, 0) is 122 Å². The van der Waals surface area contributed by atoms with Crippen molar-refractivity contribution in [1.82, 2.24) is 0 Å². The number of allylic oxidation sites excluding steroid dienone is 2. The summed E-state index contributed by atoms with van der Waals surface area (Å²) in [6.45, 7) is 8.21. The van der Waals surface area contributed by atoms with Gasteiger partial charge in [-0.1, -0.05) is 38.5 Å². The van der Waals surface area contributed by atoms with Crippen molar-refractivity contribution in [3.63, 3.8) is 0 Å². The molecule has 3 fully saturated rings. The van der Waals surface area contributed by atoms with E-state index in [1.165, 1.54) is 0 Å². The van der Waals surface area contributed by atoms with Gasteiger partial charge in [0.05, 0.1) is 5.56 Å². The summed E-state index contributed by atoms with van der Waals surface area (Å²) in [6, 6.07) is 7.60. The van der Waals surface area contributed by atoms with Gasteiger partial charge in [0.15, 0.2) is 5.78 Å². The van der Waals surface area contributed by atoms with Crippen LogP contribution in [0.3, 0.4) is 0 Å². The Kier molecular flexibility index (Phi) is 6.07. The summed E-state index contributed by atoms with van der Waals surface area (Å²) in [5.41, 5.74) is 0.712. The third-order valence-corrected chi connectivity index (χ3v) is 11.1. The minimum atomic E-state index is -1.22. The number of aliphatic hydroxyl groups is 1. The van der Waals surface area contributed by atoms with E-state index in [0.717, 1.165) is 48.5 Å². The Hall–Kier alpha value is -1.21. The van der Waals surface area contributed by atoms with Crippen LogP contribution >= 0.6 is 22.6 Å². The fraction of sp³-hybridized carbons (Fsp3) is 0.655. The fourth-order valence-corrected chi connectivity index (χ4v) is 9.07. The molecular formula is C29H37IO4. The molecule has 184 valence electrons. The lowest BCUT2D eigenvalue weighted by Crippen LogP contribution is -2.56. The van der Waals surface area contributed by atoms with Gasteiger partial charge in [0.1, 0.15) is 11.7 Å². The number of ketones is 1. The number of esters is 1. The smallest absolute Gasteiger partial charge is 0.338 e. The van der Waals surface area contributed by atoms with E-state index in [1.807, 2.05) is 24.3 Å². The van der Waals surface area contributed by atoms with Gasteiger partial charge in [0, 0.05) is 8.99 Å². The molecule has 0 amide bonds. The quantitative estimate of drug-likeness (QED) is 0.259. The normalized spacial score (nSPS) is 43.2. The zero-order valence-electron chi connectivity index (χ0n) is 20.8. The van der Waals surface area contributed by atoms with E-state index in [4.69, 9.17) is 4.74 Å². The van der Waals surface area contributed by atoms with Crippen LogP contribution in [0.25, 0.3) is 0 Å². The lowest BCUT2D eigenvalue weighted by Gasteiger charge is -2.57. The first kappa shape index (κ1) is 24.5. The summed E-state index contributed by atoms with van der Waals surface area (Å²) < 4.78 is 7.02. The molecule has 0 aromatic heterocycles. The van der Waals surface area contributed by atoms with Gasteiger partial charge in [-0.25, -0.2) is 4.79 Å². The molecule has 3 saturated carbocycles. The van der Waals surface area contributed by atoms with Crippen molar-refractivity contribution in [2.24, 2.45) is 34.5 Å². The molecule has 0 aliphatic heterocycles. The summed E-state index contributed by atoms with van der Waals surface area (Å²) in [7, 11) is 0. The van der Waals surface area contributed by atoms with Crippen LogP contribution in [0.15, 0.2) is 35.9 Å². The molecule has 0 spiro atoms. The van der Waals surface area contributed by atoms with Crippen LogP contribution in [0, 0.1) is 38.1 Å². The number of hydrogen-bond donors (Lipinski definition) is 1. The van der Waals surface area contributed by atoms with Crippen molar-refractivity contribution in [2.45, 2.75) is 84.3 Å². The maximum absolute atomic E-state index is 12.8. The predicted molar refractivity (Wildman–Crippen MR) is 140 cm³/mol. The average Bonchev–Trinajstić information content (AvgIpc) is 3.01. The molecular weight excluding hydrogens is 539 g/mol. The second-order valence-electron chi connectivity index (χ2n) is 12.0. The lowest BCUT2D eigenvalue weighted by molar-refractivity contribution is -0.156. The molecule has 0 radical (unpaired) electrons. The third kappa shape index (κ3) is 3.47. The van der Waals surface area contributed by atoms with Crippen LogP contribution in [-0.2, 0) is 9.53 Å². The fourth-order valence-electron chi connectivity index (χ4n) is 8.52. The molecule has 0 saturated heterocycles. The highest BCUT2D eigenvalue weighted by molar-refractivity contribution is 14.1. The molecule has 4 aliphatic carbocycles. The Labute approximate surface area is 217 Å². The summed E-state index contributed by atoms with van der Waals surface area (Å²) in [6.07, 6.45) is 9.14. The number of halogens is 1. The number of ether oxygens (including phenoxy) is 1. The molecule has 34 heavy (non-hydrogen) atoms. The van der Waals surface area contributed by atoms with Crippen molar-refractivity contribution in [3.05, 3.63) is 45.0 Å². The van der Waals surface area contributed by atoms with Crippen LogP contribution in [0.1, 0.15) is 83.0 Å². The standard InChI is InChI=1S/C29H37IO4/c1-17-14-25-23-9-8-20-16-22(34-26(32)19-6-5-7-21(30)15-19)10-12-27(20,3)24(23)11-13-28(25,4)29(17,33)18(2)31/h5-7,11,15,17,20,22-23,25,33H,8-10,12-14,16H2,1-4H3/t17-,20+,22-,23-,25+,27+,28+,29+/m1/s1. The topological polar surface area (TPSA) is 63.6 Å². The van der Waals surface area contributed by atoms with E-state index in [0.29, 0.717) is 23.3 Å². The van der Waals surface area contributed by atoms with Crippen LogP contribution in [-0.4, -0.2) is 28.6 Å². The Balaban J connectivity index is 1.35. The Bertz CT molecular complexity index is 1050. The molecule has 5 rings (SSSR count). The molecule has 8 atom stereocenters. The van der Waals surface area contributed by atoms with E-state index in [1.54, 1.807) is 12.5 Å². The Morgan fingerprint density at radius 2 is 1.91 bits per heavy atom. The first-order valence-corrected chi connectivity index (χ1v) is 14.0. The summed E-state index contributed by atoms with van der Waals surface area (Å²) in [5, 5.41) is 11.6. The second kappa shape index (κ2) is 8.43. The van der Waals surface area contributed by atoms with E-state index >= 15 is 0 Å². The van der Waals surface area contributed by atoms with Gasteiger partial charge in [0.25, 0.3) is 0 Å². The van der Waals surface area contributed by atoms with Gasteiger partial charge >= 0.3 is 5.97 Å². The highest BCUT2D eigenvalue weighted by Crippen LogP contribution is 2.67. The molecule has 1 N–H and O–H groups in total. The van der Waals surface area contributed by atoms with Gasteiger partial charge in [-0.15, -0.1) is 0 Å². The highest BCUT2D eigenvalue weighted by Gasteiger charge is 2.66. The second-order valence-corrected chi connectivity index (χ2v) is 13.2. The third-order valence-electron chi connectivity index (χ3n) is 10.4. The Morgan fingerprint density at radius 3 is 2.62 bits per heavy atom. The van der Waals surface area contributed by atoms with Crippen LogP contribution in [0.5, 0.6) is 0 Å². The van der Waals surface area contributed by atoms with E-state index in [9.17, 15) is 14.7 Å². The molecule has 1 aromatic carbocycles. The largest absolute Gasteiger partial charge is 0.459 e. The number of rotatable bonds is 3. The molecule has 4 aliphatic rings. The van der Waals surface area contributed by atoms with Gasteiger partial charge in [-0.3, -0.25) is 4.79 Å². The molecule has 0 bridgehead atoms. The number of benzene rings is 1. The Morgan fingerprint density at radius 1 is 1.15 bits per heavy atom. The zero-order valence-corrected chi connectivity index (χ0v) is 22.9. The first-order chi connectivity index (χ1) is 16.0. The van der Waals surface area contributed by atoms with Crippen LogP contribution < -0.4 is 0 Å². The number of Topliss-reactive ketones (excluding diaryl/α,β-unsaturated/α-hetero) is 1. The first-order valence-electron chi connectivity index (χ1n) is 12.9. The minimum absolute atomic E-state index is 0.00512. The van der Waals surface area contributed by atoms with Gasteiger partial charge in [0.2, 0.25) is 0 Å². The molecule has 0 unspecified atom stereocenters. The van der Waals surface area contributed by atoms with Crippen molar-refractivity contribution in [3.8, 4) is 0 Å². The summed E-state index contributed by atoms with van der Waals surface area (Å²) >= 11 is 2.22. The molecule has 1 aromatic rings. The van der Waals surface area contributed by atoms with Crippen LogP contribution in [0.2, 0.25) is 0 Å². The minimum Gasteiger partial charge on any atom is -0.459 e. The van der Waals surface area contributed by atoms with Crippen molar-refractivity contribution < 1.29 is 19.4 Å². The predicted octanol–water partition coefficient (Wildman–Crippen LogP) is 6.35. The maximum atomic E-state index is 12.8. The molecule has 0 heterocycles. The number of carbonyl (C=O) groups excluding carboxylic acids is 2. The van der Waals surface area contributed by atoms with Crippen molar-refractivity contribution in [2.75, 3.05) is 0 Å². The number of hydrogen-bond acceptors (Lipinski definition) is 4. The average molecular weight is 577 g/mol. The van der Waals surface area contributed by atoms with Gasteiger partial charge < -0.3 is 9.84 Å². The summed E-state index contributed by atoms with van der Waals surface area (Å²) in [5.74, 6) is 1.02. The number of fused-ring (bicyclic) bond motifs is 5. The maximum Gasteiger partial charge on any atom is 0.338 e. The SMILES string of the molecule is CC(=O)[C@@]1(O)[C@H](C)C[C@H]2[C@@H]3CC[C@H]4C[C@H](OC(=O)c5cccc(I)c5)CC[C@]4(C)C3=CC[C@@]21C.